The van der Waals surface area contributed by atoms with E-state index in [9.17, 15) is 0 Å². The predicted molar refractivity (Wildman–Crippen MR) is 96.0 cm³/mol. The van der Waals surface area contributed by atoms with Crippen molar-refractivity contribution in [1.82, 2.24) is 5.09 Å². The molecule has 0 aliphatic heterocycles. The zero-order valence-electron chi connectivity index (χ0n) is 11.5. The minimum absolute atomic E-state index is 0.891. The van der Waals surface area contributed by atoms with Crippen molar-refractivity contribution in [2.75, 3.05) is 0 Å². The molecule has 1 nitrogen and oxygen atoms in total. The van der Waals surface area contributed by atoms with Crippen LogP contribution >= 0.6 is 17.0 Å². The van der Waals surface area contributed by atoms with Gasteiger partial charge < -0.3 is 0 Å². The summed E-state index contributed by atoms with van der Waals surface area (Å²) in [6.07, 6.45) is 0. The molecule has 0 unspecified atom stereocenters. The summed E-state index contributed by atoms with van der Waals surface area (Å²) in [6, 6.07) is 25.7. The van der Waals surface area contributed by atoms with Gasteiger partial charge in [-0.2, -0.15) is 0 Å². The normalized spacial score (nSPS) is 11.4. The number of nitrogens with one attached hydrogen (secondary N) is 1. The summed E-state index contributed by atoms with van der Waals surface area (Å²) in [6.45, 7) is 0.891. The summed E-state index contributed by atoms with van der Waals surface area (Å²) < 4.78 is 0. The quantitative estimate of drug-likeness (QED) is 0.531. The van der Waals surface area contributed by atoms with Gasteiger partial charge in [0.15, 0.2) is 0 Å². The van der Waals surface area contributed by atoms with Gasteiger partial charge in [0, 0.05) is 0 Å². The van der Waals surface area contributed by atoms with E-state index in [1.165, 1.54) is 15.5 Å². The zero-order valence-corrected chi connectivity index (χ0v) is 14.9. The van der Waals surface area contributed by atoms with Crippen LogP contribution < -0.4 is 15.7 Å². The molecule has 0 fully saturated rings. The maximum absolute atomic E-state index is 3.80. The SMILES string of the molecule is [Se]=P(NCc1cccs1)(c1ccccc1)c1ccccc1. The van der Waals surface area contributed by atoms with E-state index in [0.717, 1.165) is 6.54 Å². The van der Waals surface area contributed by atoms with Gasteiger partial charge in [-0.05, 0) is 0 Å². The molecule has 0 radical (unpaired) electrons. The van der Waals surface area contributed by atoms with Gasteiger partial charge in [-0.1, -0.05) is 0 Å². The van der Waals surface area contributed by atoms with Crippen LogP contribution in [0.5, 0.6) is 0 Å². The van der Waals surface area contributed by atoms with E-state index in [0.29, 0.717) is 0 Å². The molecule has 0 saturated carbocycles. The standard InChI is InChI=1S/C17H16NPSSe/c21-19(15-8-3-1-4-9-15,16-10-5-2-6-11-16)18-14-17-12-7-13-20-17/h1-13H,14H2,(H,18,21). The maximum atomic E-state index is 3.80. The summed E-state index contributed by atoms with van der Waals surface area (Å²) >= 11 is 5.29. The predicted octanol–water partition coefficient (Wildman–Crippen LogP) is 3.50. The molecule has 1 N–H and O–H groups in total. The number of hydrogen-bond donors (Lipinski definition) is 1. The van der Waals surface area contributed by atoms with Crippen molar-refractivity contribution >= 4 is 42.7 Å². The first-order valence-corrected chi connectivity index (χ1v) is 11.7. The Kier molecular flexibility index (Phi) is 4.90. The van der Waals surface area contributed by atoms with E-state index in [1.807, 2.05) is 0 Å². The second kappa shape index (κ2) is 6.87. The average molecular weight is 376 g/mol. The zero-order chi connectivity index (χ0) is 14.5. The number of benzene rings is 2. The summed E-state index contributed by atoms with van der Waals surface area (Å²) in [5.41, 5.74) is -1.68. The fourth-order valence-corrected chi connectivity index (χ4v) is 7.14. The molecule has 21 heavy (non-hydrogen) atoms. The summed E-state index contributed by atoms with van der Waals surface area (Å²) in [7, 11) is 0. The Morgan fingerprint density at radius 1 is 0.810 bits per heavy atom. The number of thiophene rings is 1. The molecule has 1 heterocycles. The van der Waals surface area contributed by atoms with Crippen molar-refractivity contribution in [2.45, 2.75) is 6.54 Å². The first-order valence-electron chi connectivity index (χ1n) is 6.78. The third-order valence-corrected chi connectivity index (χ3v) is 10.3. The Morgan fingerprint density at radius 3 is 1.86 bits per heavy atom. The van der Waals surface area contributed by atoms with Gasteiger partial charge in [-0.3, -0.25) is 0 Å². The van der Waals surface area contributed by atoms with Crippen LogP contribution in [0.15, 0.2) is 78.2 Å². The molecule has 4 heteroatoms. The molecule has 0 bridgehead atoms. The van der Waals surface area contributed by atoms with Crippen molar-refractivity contribution in [3.8, 4) is 0 Å². The fraction of sp³-hybridized carbons (Fsp3) is 0.0588. The molecule has 0 saturated heterocycles. The van der Waals surface area contributed by atoms with Gasteiger partial charge in [0.05, 0.1) is 0 Å². The van der Waals surface area contributed by atoms with Crippen LogP contribution in [0.4, 0.5) is 0 Å². The van der Waals surface area contributed by atoms with Crippen molar-refractivity contribution in [3.63, 3.8) is 0 Å². The summed E-state index contributed by atoms with van der Waals surface area (Å²) in [4.78, 5) is 1.36. The van der Waals surface area contributed by atoms with Gasteiger partial charge >= 0.3 is 137 Å². The van der Waals surface area contributed by atoms with Crippen LogP contribution in [0.2, 0.25) is 0 Å². The molecule has 106 valence electrons. The van der Waals surface area contributed by atoms with Crippen molar-refractivity contribution < 1.29 is 0 Å². The summed E-state index contributed by atoms with van der Waals surface area (Å²) in [5, 5.41) is 8.60. The van der Waals surface area contributed by atoms with Crippen molar-refractivity contribution in [1.29, 1.82) is 0 Å². The first kappa shape index (κ1) is 15.0. The Balaban J connectivity index is 1.97. The second-order valence-electron chi connectivity index (χ2n) is 4.69. The Hall–Kier alpha value is -0.951. The van der Waals surface area contributed by atoms with E-state index >= 15 is 0 Å². The van der Waals surface area contributed by atoms with Crippen LogP contribution in [-0.4, -0.2) is 15.1 Å². The average Bonchev–Trinajstić information content (AvgIpc) is 3.08. The molecule has 0 aliphatic carbocycles. The minimum atomic E-state index is -1.68. The van der Waals surface area contributed by atoms with Crippen LogP contribution in [0.1, 0.15) is 4.88 Å². The molecule has 0 amide bonds. The van der Waals surface area contributed by atoms with Crippen LogP contribution in [0, 0.1) is 0 Å². The monoisotopic (exact) mass is 377 g/mol. The van der Waals surface area contributed by atoms with Gasteiger partial charge in [0.2, 0.25) is 0 Å². The van der Waals surface area contributed by atoms with Gasteiger partial charge in [-0.15, -0.1) is 0 Å². The van der Waals surface area contributed by atoms with E-state index in [4.69, 9.17) is 0 Å². The third kappa shape index (κ3) is 3.45. The Labute approximate surface area is 137 Å². The van der Waals surface area contributed by atoms with Gasteiger partial charge in [0.1, 0.15) is 0 Å². The third-order valence-electron chi connectivity index (χ3n) is 3.30. The van der Waals surface area contributed by atoms with E-state index < -0.39 is 5.66 Å². The van der Waals surface area contributed by atoms with E-state index in [1.54, 1.807) is 11.3 Å². The van der Waals surface area contributed by atoms with Crippen LogP contribution in [-0.2, 0) is 6.54 Å². The molecular formula is C17H16NPSSe. The Morgan fingerprint density at radius 2 is 1.38 bits per heavy atom. The molecule has 0 atom stereocenters. The number of hydrogen-bond acceptors (Lipinski definition) is 2. The first-order chi connectivity index (χ1) is 10.3. The van der Waals surface area contributed by atoms with Crippen molar-refractivity contribution in [2.24, 2.45) is 0 Å². The molecule has 1 aromatic heterocycles. The van der Waals surface area contributed by atoms with E-state index in [2.05, 4.69) is 98.4 Å². The van der Waals surface area contributed by atoms with Crippen molar-refractivity contribution in [3.05, 3.63) is 83.1 Å². The fourth-order valence-electron chi connectivity index (χ4n) is 2.21. The molecule has 0 aliphatic rings. The van der Waals surface area contributed by atoms with Gasteiger partial charge in [-0.25, -0.2) is 0 Å². The molecular weight excluding hydrogens is 360 g/mol. The Bertz CT molecular complexity index is 683. The van der Waals surface area contributed by atoms with E-state index in [-0.39, 0.29) is 0 Å². The second-order valence-corrected chi connectivity index (χ2v) is 11.7. The van der Waals surface area contributed by atoms with Crippen LogP contribution in [0.3, 0.4) is 0 Å². The molecule has 3 aromatic rings. The summed E-state index contributed by atoms with van der Waals surface area (Å²) in [5.74, 6) is 0. The van der Waals surface area contributed by atoms with Crippen LogP contribution in [0.25, 0.3) is 0 Å². The van der Waals surface area contributed by atoms with Gasteiger partial charge in [0.25, 0.3) is 0 Å². The number of rotatable bonds is 5. The topological polar surface area (TPSA) is 12.0 Å². The molecule has 2 aromatic carbocycles. The molecule has 0 spiro atoms. The molecule has 3 rings (SSSR count).